The van der Waals surface area contributed by atoms with Gasteiger partial charge < -0.3 is 11.1 Å². The van der Waals surface area contributed by atoms with Gasteiger partial charge in [-0.1, -0.05) is 28.1 Å². The highest BCUT2D eigenvalue weighted by molar-refractivity contribution is 9.10. The van der Waals surface area contributed by atoms with E-state index in [4.69, 9.17) is 5.73 Å². The number of carbonyl (C=O) groups excluding carboxylic acids is 1. The minimum atomic E-state index is -0.818. The van der Waals surface area contributed by atoms with E-state index in [1.54, 1.807) is 12.2 Å². The lowest BCUT2D eigenvalue weighted by atomic mass is 10.1. The summed E-state index contributed by atoms with van der Waals surface area (Å²) in [6.07, 6.45) is 3.80. The molecule has 1 aliphatic carbocycles. The maximum Gasteiger partial charge on any atom is 0.231 e. The van der Waals surface area contributed by atoms with Crippen LogP contribution in [0.4, 0.5) is 14.5 Å². The van der Waals surface area contributed by atoms with Crippen LogP contribution in [-0.2, 0) is 4.79 Å². The molecular weight excluding hydrogens is 306 g/mol. The Hall–Kier alpha value is -1.27. The van der Waals surface area contributed by atoms with Crippen molar-refractivity contribution >= 4 is 27.5 Å². The molecule has 6 heteroatoms. The zero-order chi connectivity index (χ0) is 13.3. The van der Waals surface area contributed by atoms with Crippen molar-refractivity contribution in [1.82, 2.24) is 0 Å². The molecule has 0 heterocycles. The Labute approximate surface area is 111 Å². The van der Waals surface area contributed by atoms with Crippen molar-refractivity contribution < 1.29 is 13.6 Å². The zero-order valence-corrected chi connectivity index (χ0v) is 10.9. The van der Waals surface area contributed by atoms with Crippen molar-refractivity contribution in [2.45, 2.75) is 12.5 Å². The Kier molecular flexibility index (Phi) is 3.77. The van der Waals surface area contributed by atoms with Crippen LogP contribution < -0.4 is 11.1 Å². The molecule has 3 nitrogen and oxygen atoms in total. The van der Waals surface area contributed by atoms with Crippen molar-refractivity contribution in [1.29, 1.82) is 0 Å². The summed E-state index contributed by atoms with van der Waals surface area (Å²) in [6.45, 7) is 0. The third-order valence-corrected chi connectivity index (χ3v) is 3.17. The lowest BCUT2D eigenvalue weighted by Gasteiger charge is -2.12. The lowest BCUT2D eigenvalue weighted by Crippen LogP contribution is -2.24. The van der Waals surface area contributed by atoms with Crippen molar-refractivity contribution in [2.24, 2.45) is 11.7 Å². The zero-order valence-electron chi connectivity index (χ0n) is 9.29. The number of nitrogens with one attached hydrogen (secondary N) is 1. The van der Waals surface area contributed by atoms with Crippen LogP contribution in [0.15, 0.2) is 28.8 Å². The maximum absolute atomic E-state index is 13.5. The quantitative estimate of drug-likeness (QED) is 0.824. The minimum Gasteiger partial charge on any atom is -0.324 e. The van der Waals surface area contributed by atoms with Crippen molar-refractivity contribution in [3.05, 3.63) is 40.4 Å². The molecule has 0 radical (unpaired) electrons. The fourth-order valence-corrected chi connectivity index (χ4v) is 2.20. The van der Waals surface area contributed by atoms with Crippen LogP contribution in [0.5, 0.6) is 0 Å². The van der Waals surface area contributed by atoms with Gasteiger partial charge >= 0.3 is 0 Å². The smallest absolute Gasteiger partial charge is 0.231 e. The van der Waals surface area contributed by atoms with Gasteiger partial charge in [0.15, 0.2) is 11.6 Å². The summed E-state index contributed by atoms with van der Waals surface area (Å²) in [5.41, 5.74) is 5.18. The van der Waals surface area contributed by atoms with Crippen LogP contribution in [-0.4, -0.2) is 11.9 Å². The standard InChI is InChI=1S/C12H11BrF2N2O/c13-7-4-9(14)11(10(15)5-7)17-12(18)6-1-2-8(16)3-6/h1-2,4-6,8H,3,16H2,(H,17,18). The molecule has 1 amide bonds. The number of halogens is 3. The lowest BCUT2D eigenvalue weighted by molar-refractivity contribution is -0.118. The predicted octanol–water partition coefficient (Wildman–Crippen LogP) is 2.57. The number of benzene rings is 1. The van der Waals surface area contributed by atoms with Crippen LogP contribution in [0.25, 0.3) is 0 Å². The van der Waals surface area contributed by atoms with Crippen LogP contribution in [0.2, 0.25) is 0 Å². The molecule has 0 saturated heterocycles. The van der Waals surface area contributed by atoms with Crippen molar-refractivity contribution in [3.63, 3.8) is 0 Å². The highest BCUT2D eigenvalue weighted by Crippen LogP contribution is 2.25. The first kappa shape index (κ1) is 13.2. The number of anilines is 1. The predicted molar refractivity (Wildman–Crippen MR) is 67.9 cm³/mol. The van der Waals surface area contributed by atoms with Gasteiger partial charge in [0.2, 0.25) is 5.91 Å². The highest BCUT2D eigenvalue weighted by Gasteiger charge is 2.24. The number of rotatable bonds is 2. The molecule has 0 aromatic heterocycles. The number of carbonyl (C=O) groups is 1. The van der Waals surface area contributed by atoms with E-state index in [1.165, 1.54) is 0 Å². The minimum absolute atomic E-state index is 0.180. The molecule has 3 N–H and O–H groups in total. The van der Waals surface area contributed by atoms with E-state index >= 15 is 0 Å². The molecular formula is C12H11BrF2N2O. The first-order chi connectivity index (χ1) is 8.47. The SMILES string of the molecule is NC1C=CC(C(=O)Nc2c(F)cc(Br)cc2F)C1. The summed E-state index contributed by atoms with van der Waals surface area (Å²) < 4.78 is 27.3. The molecule has 0 fully saturated rings. The van der Waals surface area contributed by atoms with Gasteiger partial charge in [-0.15, -0.1) is 0 Å². The third-order valence-electron chi connectivity index (χ3n) is 2.71. The maximum atomic E-state index is 13.5. The largest absolute Gasteiger partial charge is 0.324 e. The molecule has 0 aliphatic heterocycles. The van der Waals surface area contributed by atoms with Gasteiger partial charge in [0, 0.05) is 10.5 Å². The highest BCUT2D eigenvalue weighted by atomic mass is 79.9. The van der Waals surface area contributed by atoms with E-state index in [9.17, 15) is 13.6 Å². The van der Waals surface area contributed by atoms with Gasteiger partial charge in [-0.05, 0) is 18.6 Å². The van der Waals surface area contributed by atoms with Gasteiger partial charge in [-0.25, -0.2) is 8.78 Å². The molecule has 2 unspecified atom stereocenters. The molecule has 96 valence electrons. The first-order valence-corrected chi connectivity index (χ1v) is 6.16. The van der Waals surface area contributed by atoms with Crippen molar-refractivity contribution in [3.8, 4) is 0 Å². The van der Waals surface area contributed by atoms with Gasteiger partial charge in [-0.2, -0.15) is 0 Å². The molecule has 0 bridgehead atoms. The normalized spacial score (nSPS) is 22.2. The average Bonchev–Trinajstić information content (AvgIpc) is 2.70. The summed E-state index contributed by atoms with van der Waals surface area (Å²) in [4.78, 5) is 11.8. The van der Waals surface area contributed by atoms with E-state index in [-0.39, 0.29) is 10.5 Å². The van der Waals surface area contributed by atoms with E-state index < -0.39 is 29.1 Å². The van der Waals surface area contributed by atoms with E-state index in [0.29, 0.717) is 6.42 Å². The van der Waals surface area contributed by atoms with Gasteiger partial charge in [0.05, 0.1) is 5.92 Å². The summed E-state index contributed by atoms with van der Waals surface area (Å²) in [7, 11) is 0. The van der Waals surface area contributed by atoms with Gasteiger partial charge in [0.25, 0.3) is 0 Å². The Balaban J connectivity index is 2.15. The molecule has 0 saturated carbocycles. The fourth-order valence-electron chi connectivity index (χ4n) is 1.80. The second-order valence-electron chi connectivity index (χ2n) is 4.12. The van der Waals surface area contributed by atoms with Crippen LogP contribution in [0.3, 0.4) is 0 Å². The first-order valence-electron chi connectivity index (χ1n) is 5.36. The monoisotopic (exact) mass is 316 g/mol. The Morgan fingerprint density at radius 2 is 1.94 bits per heavy atom. The molecule has 2 atom stereocenters. The number of amides is 1. The summed E-state index contributed by atoms with van der Waals surface area (Å²) in [5.74, 6) is -2.54. The second-order valence-corrected chi connectivity index (χ2v) is 5.04. The Bertz CT molecular complexity index is 496. The van der Waals surface area contributed by atoms with Crippen molar-refractivity contribution in [2.75, 3.05) is 5.32 Å². The second kappa shape index (κ2) is 5.16. The molecule has 1 aliphatic rings. The number of nitrogens with two attached hydrogens (primary N) is 1. The molecule has 18 heavy (non-hydrogen) atoms. The van der Waals surface area contributed by atoms with E-state index in [2.05, 4.69) is 21.2 Å². The van der Waals surface area contributed by atoms with Gasteiger partial charge in [-0.3, -0.25) is 4.79 Å². The fraction of sp³-hybridized carbons (Fsp3) is 0.250. The summed E-state index contributed by atoms with van der Waals surface area (Å²) >= 11 is 2.97. The average molecular weight is 317 g/mol. The van der Waals surface area contributed by atoms with E-state index in [0.717, 1.165) is 12.1 Å². The van der Waals surface area contributed by atoms with Crippen LogP contribution in [0, 0.1) is 17.6 Å². The summed E-state index contributed by atoms with van der Waals surface area (Å²) in [5, 5.41) is 2.25. The number of hydrogen-bond donors (Lipinski definition) is 2. The topological polar surface area (TPSA) is 55.1 Å². The molecule has 1 aromatic rings. The van der Waals surface area contributed by atoms with Crippen LogP contribution in [0.1, 0.15) is 6.42 Å². The van der Waals surface area contributed by atoms with Gasteiger partial charge in [0.1, 0.15) is 5.69 Å². The molecule has 0 spiro atoms. The van der Waals surface area contributed by atoms with Crippen LogP contribution >= 0.6 is 15.9 Å². The molecule has 1 aromatic carbocycles. The third kappa shape index (κ3) is 2.76. The Morgan fingerprint density at radius 3 is 2.44 bits per heavy atom. The number of hydrogen-bond acceptors (Lipinski definition) is 2. The summed E-state index contributed by atoms with van der Waals surface area (Å²) in [6, 6.07) is 2.00. The molecule has 2 rings (SSSR count). The Morgan fingerprint density at radius 1 is 1.33 bits per heavy atom. The van der Waals surface area contributed by atoms with E-state index in [1.807, 2.05) is 0 Å².